The van der Waals surface area contributed by atoms with Crippen molar-refractivity contribution in [1.82, 2.24) is 0 Å². The molecule has 0 unspecified atom stereocenters. The summed E-state index contributed by atoms with van der Waals surface area (Å²) >= 11 is 0. The largest absolute Gasteiger partial charge is 0.427 e. The molecule has 1 aliphatic heterocycles. The van der Waals surface area contributed by atoms with Gasteiger partial charge in [-0.15, -0.1) is 0 Å². The Hall–Kier alpha value is -3.15. The van der Waals surface area contributed by atoms with Crippen LogP contribution in [0.15, 0.2) is 48.5 Å². The van der Waals surface area contributed by atoms with Crippen molar-refractivity contribution >= 4 is 29.2 Å². The number of nitrogens with zero attached hydrogens (tertiary/aromatic N) is 1. The molecule has 0 aliphatic carbocycles. The zero-order valence-corrected chi connectivity index (χ0v) is 13.3. The smallest absolute Gasteiger partial charge is 0.308 e. The number of benzene rings is 2. The van der Waals surface area contributed by atoms with Crippen LogP contribution in [0, 0.1) is 0 Å². The number of esters is 1. The number of rotatable bonds is 2. The van der Waals surface area contributed by atoms with Crippen molar-refractivity contribution in [2.24, 2.45) is 0 Å². The van der Waals surface area contributed by atoms with Crippen LogP contribution in [-0.4, -0.2) is 23.8 Å². The molecule has 1 atom stereocenters. The van der Waals surface area contributed by atoms with Crippen LogP contribution in [0.3, 0.4) is 0 Å². The first kappa shape index (κ1) is 15.7. The molecule has 2 aromatic rings. The monoisotopic (exact) mass is 324 g/mol. The quantitative estimate of drug-likeness (QED) is 0.680. The van der Waals surface area contributed by atoms with Crippen LogP contribution in [0.25, 0.3) is 0 Å². The Morgan fingerprint density at radius 1 is 1.08 bits per heavy atom. The molecule has 0 fully saturated rings. The van der Waals surface area contributed by atoms with Gasteiger partial charge >= 0.3 is 5.97 Å². The molecule has 0 radical (unpaired) electrons. The van der Waals surface area contributed by atoms with Crippen LogP contribution in [0.1, 0.15) is 24.2 Å². The maximum atomic E-state index is 12.9. The molecule has 1 aliphatic rings. The lowest BCUT2D eigenvalue weighted by molar-refractivity contribution is -0.131. The molecule has 24 heavy (non-hydrogen) atoms. The van der Waals surface area contributed by atoms with Crippen LogP contribution in [0.2, 0.25) is 0 Å². The second kappa shape index (κ2) is 6.16. The Morgan fingerprint density at radius 3 is 2.42 bits per heavy atom. The van der Waals surface area contributed by atoms with E-state index in [-0.39, 0.29) is 11.8 Å². The first-order valence-corrected chi connectivity index (χ1v) is 7.49. The zero-order chi connectivity index (χ0) is 17.3. The van der Waals surface area contributed by atoms with E-state index >= 15 is 0 Å². The van der Waals surface area contributed by atoms with E-state index in [1.165, 1.54) is 11.8 Å². The minimum absolute atomic E-state index is 0.237. The minimum atomic E-state index is -0.624. The van der Waals surface area contributed by atoms with Crippen LogP contribution < -0.4 is 15.0 Å². The van der Waals surface area contributed by atoms with Crippen LogP contribution in [0.4, 0.5) is 11.4 Å². The summed E-state index contributed by atoms with van der Waals surface area (Å²) in [5.74, 6) is -0.592. The van der Waals surface area contributed by atoms with Crippen molar-refractivity contribution in [3.05, 3.63) is 54.1 Å². The number of hydrogen-bond donors (Lipinski definition) is 1. The van der Waals surface area contributed by atoms with Gasteiger partial charge in [0.05, 0.1) is 11.4 Å². The van der Waals surface area contributed by atoms with Crippen LogP contribution >= 0.6 is 0 Å². The third-order valence-corrected chi connectivity index (χ3v) is 3.77. The second-order valence-electron chi connectivity index (χ2n) is 5.48. The molecule has 2 amide bonds. The molecule has 0 saturated heterocycles. The van der Waals surface area contributed by atoms with Crippen molar-refractivity contribution in [1.29, 1.82) is 0 Å². The molecule has 3 rings (SSSR count). The van der Waals surface area contributed by atoms with Gasteiger partial charge in [0.15, 0.2) is 0 Å². The molecular formula is C18H16N2O4. The lowest BCUT2D eigenvalue weighted by Gasteiger charge is -2.34. The molecule has 6 nitrogen and oxygen atoms in total. The van der Waals surface area contributed by atoms with Gasteiger partial charge in [0.2, 0.25) is 5.91 Å². The second-order valence-corrected chi connectivity index (χ2v) is 5.48. The van der Waals surface area contributed by atoms with Crippen LogP contribution in [-0.2, 0) is 9.59 Å². The number of fused-ring (bicyclic) bond motifs is 1. The fourth-order valence-electron chi connectivity index (χ4n) is 2.61. The van der Waals surface area contributed by atoms with Gasteiger partial charge in [-0.1, -0.05) is 12.1 Å². The predicted octanol–water partition coefficient (Wildman–Crippen LogP) is 2.60. The van der Waals surface area contributed by atoms with E-state index in [4.69, 9.17) is 4.74 Å². The van der Waals surface area contributed by atoms with Gasteiger partial charge in [0.25, 0.3) is 5.91 Å². The summed E-state index contributed by atoms with van der Waals surface area (Å²) in [6.45, 7) is 2.99. The molecule has 1 heterocycles. The third kappa shape index (κ3) is 2.86. The predicted molar refractivity (Wildman–Crippen MR) is 89.1 cm³/mol. The molecule has 0 saturated carbocycles. The van der Waals surface area contributed by atoms with E-state index in [9.17, 15) is 14.4 Å². The van der Waals surface area contributed by atoms with E-state index in [2.05, 4.69) is 5.32 Å². The first-order valence-electron chi connectivity index (χ1n) is 7.49. The van der Waals surface area contributed by atoms with Crippen molar-refractivity contribution in [2.75, 3.05) is 10.2 Å². The van der Waals surface area contributed by atoms with Crippen molar-refractivity contribution in [3.63, 3.8) is 0 Å². The molecule has 2 aromatic carbocycles. The van der Waals surface area contributed by atoms with Gasteiger partial charge in [-0.3, -0.25) is 19.3 Å². The minimum Gasteiger partial charge on any atom is -0.427 e. The SMILES string of the molecule is CC(=O)Oc1ccc(C(=O)N2c3ccccc3NC(=O)[C@@H]2C)cc1. The number of para-hydroxylation sites is 2. The molecule has 1 N–H and O–H groups in total. The maximum Gasteiger partial charge on any atom is 0.308 e. The molecule has 0 aromatic heterocycles. The highest BCUT2D eigenvalue weighted by Crippen LogP contribution is 2.33. The van der Waals surface area contributed by atoms with E-state index < -0.39 is 12.0 Å². The fraction of sp³-hybridized carbons (Fsp3) is 0.167. The Balaban J connectivity index is 1.94. The number of ether oxygens (including phenoxy) is 1. The van der Waals surface area contributed by atoms with Gasteiger partial charge in [0.1, 0.15) is 11.8 Å². The number of carbonyl (C=O) groups is 3. The molecule has 122 valence electrons. The van der Waals surface area contributed by atoms with Crippen molar-refractivity contribution in [3.8, 4) is 5.75 Å². The maximum absolute atomic E-state index is 12.9. The number of nitrogens with one attached hydrogen (secondary N) is 1. The molecule has 0 bridgehead atoms. The highest BCUT2D eigenvalue weighted by Gasteiger charge is 2.34. The van der Waals surface area contributed by atoms with E-state index in [0.29, 0.717) is 22.7 Å². The zero-order valence-electron chi connectivity index (χ0n) is 13.3. The van der Waals surface area contributed by atoms with Crippen LogP contribution in [0.5, 0.6) is 5.75 Å². The van der Waals surface area contributed by atoms with Gasteiger partial charge in [-0.05, 0) is 43.3 Å². The molecule has 6 heteroatoms. The number of carbonyl (C=O) groups excluding carboxylic acids is 3. The van der Waals surface area contributed by atoms with Gasteiger partial charge in [-0.25, -0.2) is 0 Å². The van der Waals surface area contributed by atoms with Crippen molar-refractivity contribution in [2.45, 2.75) is 19.9 Å². The summed E-state index contributed by atoms with van der Waals surface area (Å²) in [6.07, 6.45) is 0. The van der Waals surface area contributed by atoms with E-state index in [1.54, 1.807) is 49.4 Å². The summed E-state index contributed by atoms with van der Waals surface area (Å²) in [5, 5.41) is 2.79. The lowest BCUT2D eigenvalue weighted by Crippen LogP contribution is -2.49. The normalized spacial score (nSPS) is 16.2. The Kier molecular flexibility index (Phi) is 4.04. The Labute approximate surface area is 139 Å². The first-order chi connectivity index (χ1) is 11.5. The van der Waals surface area contributed by atoms with Crippen molar-refractivity contribution < 1.29 is 19.1 Å². The highest BCUT2D eigenvalue weighted by molar-refractivity contribution is 6.16. The third-order valence-electron chi connectivity index (χ3n) is 3.77. The average Bonchev–Trinajstić information content (AvgIpc) is 2.56. The summed E-state index contributed by atoms with van der Waals surface area (Å²) < 4.78 is 4.96. The van der Waals surface area contributed by atoms with E-state index in [0.717, 1.165) is 0 Å². The van der Waals surface area contributed by atoms with Gasteiger partial charge in [-0.2, -0.15) is 0 Å². The topological polar surface area (TPSA) is 75.7 Å². The number of amides is 2. The standard InChI is InChI=1S/C18H16N2O4/c1-11-17(22)19-15-5-3-4-6-16(15)20(11)18(23)13-7-9-14(10-8-13)24-12(2)21/h3-11H,1-2H3,(H,19,22)/t11-/m0/s1. The number of hydrogen-bond acceptors (Lipinski definition) is 4. The molecular weight excluding hydrogens is 308 g/mol. The Bertz CT molecular complexity index is 814. The summed E-state index contributed by atoms with van der Waals surface area (Å²) in [4.78, 5) is 37.4. The number of anilines is 2. The Morgan fingerprint density at radius 2 is 1.75 bits per heavy atom. The summed E-state index contributed by atoms with van der Waals surface area (Å²) in [5.41, 5.74) is 1.66. The van der Waals surface area contributed by atoms with E-state index in [1.807, 2.05) is 6.07 Å². The molecule has 0 spiro atoms. The van der Waals surface area contributed by atoms with Gasteiger partial charge < -0.3 is 10.1 Å². The van der Waals surface area contributed by atoms with Gasteiger partial charge in [0, 0.05) is 12.5 Å². The highest BCUT2D eigenvalue weighted by atomic mass is 16.5. The summed E-state index contributed by atoms with van der Waals surface area (Å²) in [6, 6.07) is 12.8. The summed E-state index contributed by atoms with van der Waals surface area (Å²) in [7, 11) is 0. The average molecular weight is 324 g/mol. The fourth-order valence-corrected chi connectivity index (χ4v) is 2.61. The lowest BCUT2D eigenvalue weighted by atomic mass is 10.1.